The Balaban J connectivity index is 3.39. The lowest BCUT2D eigenvalue weighted by molar-refractivity contribution is -0.161. The molecule has 1 N–H and O–H groups in total. The average Bonchev–Trinajstić information content (AvgIpc) is 3.41. The Hall–Kier alpha value is -1.88. The quantitative estimate of drug-likeness (QED) is 0.0373. The number of aliphatic hydroxyl groups excluding tert-OH is 1. The number of hydrogen-bond acceptors (Lipinski definition) is 5. The fraction of sp³-hybridized carbons (Fsp3) is 0.886. The van der Waals surface area contributed by atoms with Crippen molar-refractivity contribution in [3.8, 4) is 0 Å². The van der Waals surface area contributed by atoms with Crippen molar-refractivity contribution in [3.05, 3.63) is 36.5 Å². The molecule has 5 heteroatoms. The predicted molar refractivity (Wildman–Crippen MR) is 330 cm³/mol. The largest absolute Gasteiger partial charge is 0.462 e. The Morgan fingerprint density at radius 1 is 0.307 bits per heavy atom. The molecule has 0 aromatic carbocycles. The minimum atomic E-state index is -0.768. The van der Waals surface area contributed by atoms with Crippen LogP contribution in [0.5, 0.6) is 0 Å². The van der Waals surface area contributed by atoms with E-state index in [2.05, 4.69) is 50.3 Å². The molecule has 1 unspecified atom stereocenters. The summed E-state index contributed by atoms with van der Waals surface area (Å²) in [6.45, 7) is 4.19. The van der Waals surface area contributed by atoms with E-state index in [1.165, 1.54) is 308 Å². The highest BCUT2D eigenvalue weighted by molar-refractivity contribution is 5.70. The lowest BCUT2D eigenvalue weighted by atomic mass is 10.0. The van der Waals surface area contributed by atoms with Crippen LogP contribution >= 0.6 is 0 Å². The second-order valence-corrected chi connectivity index (χ2v) is 23.3. The van der Waals surface area contributed by atoms with Gasteiger partial charge in [-0.3, -0.25) is 9.59 Å². The zero-order valence-corrected chi connectivity index (χ0v) is 50.8. The molecule has 0 heterocycles. The summed E-state index contributed by atoms with van der Waals surface area (Å²) in [5, 5.41) is 9.69. The number of unbranched alkanes of at least 4 members (excludes halogenated alkanes) is 50. The number of aliphatic hydroxyl groups is 1. The summed E-state index contributed by atoms with van der Waals surface area (Å²) in [6.07, 6.45) is 87.5. The number of carbonyl (C=O) groups is 2. The molecule has 0 fully saturated rings. The Morgan fingerprint density at radius 2 is 0.533 bits per heavy atom. The van der Waals surface area contributed by atoms with E-state index in [1.807, 2.05) is 0 Å². The standard InChI is InChI=1S/C70H132O5/c1-3-5-7-9-11-13-15-17-19-21-23-25-27-29-30-31-32-33-34-35-36-37-38-39-40-41-43-45-47-49-51-53-55-57-59-61-63-65-70(73)75-68(66-71)67-74-69(72)64-62-60-58-56-54-52-50-48-46-44-42-28-26-24-22-20-18-16-14-12-10-8-6-4-2/h15,17,21,23,27,29,68,71H,3-14,16,18-20,22,24-26,28,30-67H2,1-2H3/b17-15-,23-21-,29-27-. The lowest BCUT2D eigenvalue weighted by Gasteiger charge is -2.15. The molecule has 0 saturated carbocycles. The third kappa shape index (κ3) is 64.5. The molecule has 0 amide bonds. The van der Waals surface area contributed by atoms with Gasteiger partial charge in [0.1, 0.15) is 6.61 Å². The normalized spacial score (nSPS) is 12.3. The fourth-order valence-corrected chi connectivity index (χ4v) is 10.6. The summed E-state index contributed by atoms with van der Waals surface area (Å²) in [6, 6.07) is 0. The van der Waals surface area contributed by atoms with Crippen molar-refractivity contribution >= 4 is 11.9 Å². The second kappa shape index (κ2) is 66.4. The van der Waals surface area contributed by atoms with Gasteiger partial charge in [-0.05, 0) is 51.4 Å². The maximum absolute atomic E-state index is 12.4. The molecule has 0 aromatic rings. The molecule has 0 rings (SSSR count). The van der Waals surface area contributed by atoms with Gasteiger partial charge in [0.15, 0.2) is 6.10 Å². The highest BCUT2D eigenvalue weighted by atomic mass is 16.6. The summed E-state index contributed by atoms with van der Waals surface area (Å²) >= 11 is 0. The first kappa shape index (κ1) is 73.1. The first-order valence-electron chi connectivity index (χ1n) is 34.0. The van der Waals surface area contributed by atoms with Crippen molar-refractivity contribution in [3.63, 3.8) is 0 Å². The van der Waals surface area contributed by atoms with Crippen LogP contribution < -0.4 is 0 Å². The van der Waals surface area contributed by atoms with Crippen molar-refractivity contribution in [1.29, 1.82) is 0 Å². The Kier molecular flexibility index (Phi) is 64.7. The van der Waals surface area contributed by atoms with Crippen LogP contribution in [0.4, 0.5) is 0 Å². The molecular weight excluding hydrogens is 921 g/mol. The average molecular weight is 1050 g/mol. The van der Waals surface area contributed by atoms with Crippen molar-refractivity contribution in [2.24, 2.45) is 0 Å². The van der Waals surface area contributed by atoms with Crippen molar-refractivity contribution in [2.75, 3.05) is 13.2 Å². The van der Waals surface area contributed by atoms with Gasteiger partial charge >= 0.3 is 11.9 Å². The first-order chi connectivity index (χ1) is 37.1. The second-order valence-electron chi connectivity index (χ2n) is 23.3. The molecule has 0 aliphatic rings. The third-order valence-electron chi connectivity index (χ3n) is 15.7. The van der Waals surface area contributed by atoms with Gasteiger partial charge < -0.3 is 14.6 Å². The Labute approximate surface area is 469 Å². The van der Waals surface area contributed by atoms with Crippen LogP contribution in [0.25, 0.3) is 0 Å². The number of esters is 2. The predicted octanol–water partition coefficient (Wildman–Crippen LogP) is 23.4. The van der Waals surface area contributed by atoms with Crippen LogP contribution in [-0.2, 0) is 19.1 Å². The maximum Gasteiger partial charge on any atom is 0.306 e. The van der Waals surface area contributed by atoms with E-state index in [1.54, 1.807) is 0 Å². The van der Waals surface area contributed by atoms with E-state index in [9.17, 15) is 14.7 Å². The van der Waals surface area contributed by atoms with E-state index < -0.39 is 6.10 Å². The Bertz CT molecular complexity index is 1190. The van der Waals surface area contributed by atoms with Crippen molar-refractivity contribution in [2.45, 2.75) is 386 Å². The number of carbonyl (C=O) groups excluding carboxylic acids is 2. The number of rotatable bonds is 64. The van der Waals surface area contributed by atoms with Crippen molar-refractivity contribution < 1.29 is 24.2 Å². The zero-order valence-electron chi connectivity index (χ0n) is 50.8. The summed E-state index contributed by atoms with van der Waals surface area (Å²) in [5.41, 5.74) is 0. The van der Waals surface area contributed by atoms with Crippen molar-refractivity contribution in [1.82, 2.24) is 0 Å². The third-order valence-corrected chi connectivity index (χ3v) is 15.7. The summed E-state index contributed by atoms with van der Waals surface area (Å²) in [4.78, 5) is 24.6. The van der Waals surface area contributed by atoms with Gasteiger partial charge in [0.25, 0.3) is 0 Å². The first-order valence-corrected chi connectivity index (χ1v) is 34.0. The van der Waals surface area contributed by atoms with Gasteiger partial charge in [-0.25, -0.2) is 0 Å². The molecule has 0 radical (unpaired) electrons. The van der Waals surface area contributed by atoms with Crippen LogP contribution in [0, 0.1) is 0 Å². The van der Waals surface area contributed by atoms with Gasteiger partial charge in [0.2, 0.25) is 0 Å². The number of ether oxygens (including phenoxy) is 2. The number of hydrogen-bond donors (Lipinski definition) is 1. The minimum Gasteiger partial charge on any atom is -0.462 e. The molecule has 0 aliphatic carbocycles. The van der Waals surface area contributed by atoms with Gasteiger partial charge in [-0.2, -0.15) is 0 Å². The smallest absolute Gasteiger partial charge is 0.306 e. The van der Waals surface area contributed by atoms with Gasteiger partial charge in [0, 0.05) is 12.8 Å². The van der Waals surface area contributed by atoms with Crippen LogP contribution in [0.1, 0.15) is 380 Å². The van der Waals surface area contributed by atoms with E-state index in [0.717, 1.165) is 44.9 Å². The van der Waals surface area contributed by atoms with Gasteiger partial charge in [-0.1, -0.05) is 352 Å². The van der Waals surface area contributed by atoms with E-state index in [4.69, 9.17) is 9.47 Å². The molecule has 442 valence electrons. The lowest BCUT2D eigenvalue weighted by Crippen LogP contribution is -2.28. The molecule has 1 atom stereocenters. The van der Waals surface area contributed by atoms with Crippen LogP contribution in [0.2, 0.25) is 0 Å². The maximum atomic E-state index is 12.4. The molecule has 75 heavy (non-hydrogen) atoms. The molecule has 0 aliphatic heterocycles. The topological polar surface area (TPSA) is 72.8 Å². The Morgan fingerprint density at radius 3 is 0.800 bits per heavy atom. The summed E-state index contributed by atoms with van der Waals surface area (Å²) in [5.74, 6) is -0.565. The summed E-state index contributed by atoms with van der Waals surface area (Å²) < 4.78 is 10.8. The van der Waals surface area contributed by atoms with Crippen LogP contribution in [-0.4, -0.2) is 36.4 Å². The van der Waals surface area contributed by atoms with Gasteiger partial charge in [0.05, 0.1) is 6.61 Å². The molecular formula is C70H132O5. The number of allylic oxidation sites excluding steroid dienone is 6. The SMILES string of the molecule is CCCCCCC/C=C\C/C=C\C/C=C\CCCCCCCCCCCCCCCCCCCCCCCCC(=O)OC(CO)COC(=O)CCCCCCCCCCCCCCCCCCCCCCCCCC. The molecule has 0 spiro atoms. The van der Waals surface area contributed by atoms with Crippen LogP contribution in [0.3, 0.4) is 0 Å². The molecule has 5 nitrogen and oxygen atoms in total. The highest BCUT2D eigenvalue weighted by Crippen LogP contribution is 2.19. The van der Waals surface area contributed by atoms with Crippen LogP contribution in [0.15, 0.2) is 36.5 Å². The minimum absolute atomic E-state index is 0.0582. The zero-order chi connectivity index (χ0) is 54.1. The van der Waals surface area contributed by atoms with E-state index in [-0.39, 0.29) is 25.2 Å². The summed E-state index contributed by atoms with van der Waals surface area (Å²) in [7, 11) is 0. The monoisotopic (exact) mass is 1050 g/mol. The molecule has 0 saturated heterocycles. The molecule has 0 aromatic heterocycles. The van der Waals surface area contributed by atoms with E-state index >= 15 is 0 Å². The highest BCUT2D eigenvalue weighted by Gasteiger charge is 2.16. The molecule has 0 bridgehead atoms. The van der Waals surface area contributed by atoms with E-state index in [0.29, 0.717) is 12.8 Å². The van der Waals surface area contributed by atoms with Gasteiger partial charge in [-0.15, -0.1) is 0 Å². The fourth-order valence-electron chi connectivity index (χ4n) is 10.6.